The SMILES string of the molecule is CCc1ccccc1CNC1CSC(C)C1. The zero-order chi connectivity index (χ0) is 11.4. The first kappa shape index (κ1) is 12.0. The molecule has 0 bridgehead atoms. The molecule has 2 rings (SSSR count). The largest absolute Gasteiger partial charge is 0.309 e. The molecule has 0 amide bonds. The van der Waals surface area contributed by atoms with Gasteiger partial charge >= 0.3 is 0 Å². The van der Waals surface area contributed by atoms with Gasteiger partial charge in [-0.25, -0.2) is 0 Å². The Hall–Kier alpha value is -0.470. The summed E-state index contributed by atoms with van der Waals surface area (Å²) in [5.41, 5.74) is 2.95. The van der Waals surface area contributed by atoms with Crippen molar-refractivity contribution in [2.75, 3.05) is 5.75 Å². The Bertz CT molecular complexity index is 337. The van der Waals surface area contributed by atoms with Gasteiger partial charge in [-0.1, -0.05) is 38.1 Å². The molecule has 0 aliphatic carbocycles. The molecular formula is C14H21NS. The molecule has 1 aromatic rings. The minimum Gasteiger partial charge on any atom is -0.309 e. The third-order valence-corrected chi connectivity index (χ3v) is 4.64. The second-order valence-electron chi connectivity index (χ2n) is 4.58. The predicted octanol–water partition coefficient (Wildman–Crippen LogP) is 3.23. The van der Waals surface area contributed by atoms with Crippen molar-refractivity contribution in [1.82, 2.24) is 5.32 Å². The molecule has 1 nitrogen and oxygen atoms in total. The minimum atomic E-state index is 0.713. The second kappa shape index (κ2) is 5.74. The maximum Gasteiger partial charge on any atom is 0.0211 e. The van der Waals surface area contributed by atoms with Crippen LogP contribution in [-0.2, 0) is 13.0 Å². The molecule has 1 heterocycles. The van der Waals surface area contributed by atoms with Crippen molar-refractivity contribution in [3.05, 3.63) is 35.4 Å². The normalized spacial score (nSPS) is 24.9. The molecule has 0 radical (unpaired) electrons. The Kier molecular flexibility index (Phi) is 4.30. The fourth-order valence-corrected chi connectivity index (χ4v) is 3.47. The van der Waals surface area contributed by atoms with Gasteiger partial charge in [-0.15, -0.1) is 0 Å². The van der Waals surface area contributed by atoms with Crippen molar-refractivity contribution in [2.24, 2.45) is 0 Å². The standard InChI is InChI=1S/C14H21NS/c1-3-12-6-4-5-7-13(12)9-15-14-8-11(2)16-10-14/h4-7,11,14-15H,3,8-10H2,1-2H3. The van der Waals surface area contributed by atoms with Crippen LogP contribution < -0.4 is 5.32 Å². The molecule has 1 saturated heterocycles. The van der Waals surface area contributed by atoms with Crippen LogP contribution in [-0.4, -0.2) is 17.0 Å². The monoisotopic (exact) mass is 235 g/mol. The number of nitrogens with one attached hydrogen (secondary N) is 1. The van der Waals surface area contributed by atoms with Gasteiger partial charge in [0.15, 0.2) is 0 Å². The summed E-state index contributed by atoms with van der Waals surface area (Å²) in [6.07, 6.45) is 2.45. The lowest BCUT2D eigenvalue weighted by Crippen LogP contribution is -2.28. The Balaban J connectivity index is 1.89. The van der Waals surface area contributed by atoms with Crippen LogP contribution in [0.25, 0.3) is 0 Å². The van der Waals surface area contributed by atoms with Gasteiger partial charge < -0.3 is 5.32 Å². The van der Waals surface area contributed by atoms with Gasteiger partial charge in [-0.2, -0.15) is 11.8 Å². The molecule has 1 fully saturated rings. The molecule has 2 heteroatoms. The lowest BCUT2D eigenvalue weighted by Gasteiger charge is -2.13. The Morgan fingerprint density at radius 2 is 2.06 bits per heavy atom. The zero-order valence-electron chi connectivity index (χ0n) is 10.2. The molecule has 0 spiro atoms. The summed E-state index contributed by atoms with van der Waals surface area (Å²) < 4.78 is 0. The number of aryl methyl sites for hydroxylation is 1. The van der Waals surface area contributed by atoms with E-state index in [0.29, 0.717) is 6.04 Å². The Morgan fingerprint density at radius 3 is 2.69 bits per heavy atom. The first-order chi connectivity index (χ1) is 7.79. The van der Waals surface area contributed by atoms with E-state index in [4.69, 9.17) is 0 Å². The van der Waals surface area contributed by atoms with Crippen LogP contribution in [0, 0.1) is 0 Å². The van der Waals surface area contributed by atoms with Gasteiger partial charge in [0.05, 0.1) is 0 Å². The molecule has 1 aromatic carbocycles. The van der Waals surface area contributed by atoms with Gasteiger partial charge in [0.1, 0.15) is 0 Å². The molecule has 16 heavy (non-hydrogen) atoms. The van der Waals surface area contributed by atoms with Crippen LogP contribution in [0.3, 0.4) is 0 Å². The summed E-state index contributed by atoms with van der Waals surface area (Å²) in [6, 6.07) is 9.48. The average Bonchev–Trinajstić information content (AvgIpc) is 2.73. The highest BCUT2D eigenvalue weighted by Gasteiger charge is 2.21. The minimum absolute atomic E-state index is 0.713. The first-order valence-corrected chi connectivity index (χ1v) is 7.26. The summed E-state index contributed by atoms with van der Waals surface area (Å²) in [5.74, 6) is 1.27. The van der Waals surface area contributed by atoms with E-state index >= 15 is 0 Å². The van der Waals surface area contributed by atoms with Crippen LogP contribution in [0.1, 0.15) is 31.4 Å². The van der Waals surface area contributed by atoms with E-state index in [1.54, 1.807) is 0 Å². The van der Waals surface area contributed by atoms with Gasteiger partial charge in [-0.3, -0.25) is 0 Å². The van der Waals surface area contributed by atoms with E-state index in [1.165, 1.54) is 23.3 Å². The van der Waals surface area contributed by atoms with E-state index in [0.717, 1.165) is 18.2 Å². The molecule has 2 unspecified atom stereocenters. The highest BCUT2D eigenvalue weighted by molar-refractivity contribution is 8.00. The second-order valence-corrected chi connectivity index (χ2v) is 6.05. The highest BCUT2D eigenvalue weighted by Crippen LogP contribution is 2.26. The summed E-state index contributed by atoms with van der Waals surface area (Å²) in [7, 11) is 0. The molecule has 0 aromatic heterocycles. The molecule has 2 atom stereocenters. The van der Waals surface area contributed by atoms with Crippen LogP contribution >= 0.6 is 11.8 Å². The number of thioether (sulfide) groups is 1. The Morgan fingerprint density at radius 1 is 1.31 bits per heavy atom. The summed E-state index contributed by atoms with van der Waals surface area (Å²) in [4.78, 5) is 0. The lowest BCUT2D eigenvalue weighted by atomic mass is 10.0. The van der Waals surface area contributed by atoms with Crippen LogP contribution in [0.5, 0.6) is 0 Å². The first-order valence-electron chi connectivity index (χ1n) is 6.21. The number of hydrogen-bond donors (Lipinski definition) is 1. The van der Waals surface area contributed by atoms with Crippen LogP contribution in [0.2, 0.25) is 0 Å². The van der Waals surface area contributed by atoms with Crippen molar-refractivity contribution in [2.45, 2.75) is 44.5 Å². The molecule has 1 aliphatic heterocycles. The number of hydrogen-bond acceptors (Lipinski definition) is 2. The van der Waals surface area contributed by atoms with Gasteiger partial charge in [0, 0.05) is 23.6 Å². The van der Waals surface area contributed by atoms with Crippen LogP contribution in [0.15, 0.2) is 24.3 Å². The van der Waals surface area contributed by atoms with Crippen molar-refractivity contribution in [3.8, 4) is 0 Å². The molecule has 1 aliphatic rings. The van der Waals surface area contributed by atoms with E-state index in [2.05, 4.69) is 55.2 Å². The molecular weight excluding hydrogens is 214 g/mol. The zero-order valence-corrected chi connectivity index (χ0v) is 11.0. The van der Waals surface area contributed by atoms with E-state index < -0.39 is 0 Å². The highest BCUT2D eigenvalue weighted by atomic mass is 32.2. The van der Waals surface area contributed by atoms with Gasteiger partial charge in [0.2, 0.25) is 0 Å². The fraction of sp³-hybridized carbons (Fsp3) is 0.571. The van der Waals surface area contributed by atoms with Crippen molar-refractivity contribution < 1.29 is 0 Å². The summed E-state index contributed by atoms with van der Waals surface area (Å²) >= 11 is 2.09. The predicted molar refractivity (Wildman–Crippen MR) is 73.0 cm³/mol. The van der Waals surface area contributed by atoms with E-state index in [-0.39, 0.29) is 0 Å². The molecule has 88 valence electrons. The quantitative estimate of drug-likeness (QED) is 0.860. The average molecular weight is 235 g/mol. The number of rotatable bonds is 4. The maximum absolute atomic E-state index is 3.68. The third kappa shape index (κ3) is 3.02. The maximum atomic E-state index is 3.68. The number of benzene rings is 1. The fourth-order valence-electron chi connectivity index (χ4n) is 2.29. The van der Waals surface area contributed by atoms with Crippen molar-refractivity contribution in [1.29, 1.82) is 0 Å². The van der Waals surface area contributed by atoms with Crippen molar-refractivity contribution in [3.63, 3.8) is 0 Å². The van der Waals surface area contributed by atoms with Crippen molar-refractivity contribution >= 4 is 11.8 Å². The van der Waals surface area contributed by atoms with Crippen LogP contribution in [0.4, 0.5) is 0 Å². The van der Waals surface area contributed by atoms with E-state index in [1.807, 2.05) is 0 Å². The summed E-state index contributed by atoms with van der Waals surface area (Å²) in [6.45, 7) is 5.58. The van der Waals surface area contributed by atoms with Gasteiger partial charge in [-0.05, 0) is 24.0 Å². The summed E-state index contributed by atoms with van der Waals surface area (Å²) in [5, 5.41) is 4.51. The third-order valence-electron chi connectivity index (χ3n) is 3.28. The van der Waals surface area contributed by atoms with Gasteiger partial charge in [0.25, 0.3) is 0 Å². The Labute approximate surface area is 103 Å². The smallest absolute Gasteiger partial charge is 0.0211 e. The molecule has 1 N–H and O–H groups in total. The van der Waals surface area contributed by atoms with E-state index in [9.17, 15) is 0 Å². The topological polar surface area (TPSA) is 12.0 Å². The molecule has 0 saturated carbocycles. The lowest BCUT2D eigenvalue weighted by molar-refractivity contribution is 0.537.